The molecule has 3 rings (SSSR count). The lowest BCUT2D eigenvalue weighted by atomic mass is 10.1. The Morgan fingerprint density at radius 1 is 1.03 bits per heavy atom. The molecule has 152 valence electrons. The Morgan fingerprint density at radius 2 is 1.79 bits per heavy atom. The number of hydrogen-bond donors (Lipinski definition) is 1. The van der Waals surface area contributed by atoms with Crippen LogP contribution in [-0.2, 0) is 13.2 Å². The standard InChI is InChI=1S/C23H22BrCl2NO2/c1-15(17-6-4-3-5-7-17)27-13-16-10-20(24)23(22(11-16)28-2)29-14-18-8-9-19(25)12-21(18)26/h3-12,15,27H,13-14H2,1-2H3/t15-/m1/s1. The van der Waals surface area contributed by atoms with E-state index in [0.717, 1.165) is 15.6 Å². The molecule has 0 amide bonds. The van der Waals surface area contributed by atoms with Gasteiger partial charge in [-0.1, -0.05) is 59.6 Å². The maximum Gasteiger partial charge on any atom is 0.175 e. The van der Waals surface area contributed by atoms with E-state index < -0.39 is 0 Å². The van der Waals surface area contributed by atoms with Gasteiger partial charge in [-0.25, -0.2) is 0 Å². The normalized spacial score (nSPS) is 11.9. The van der Waals surface area contributed by atoms with E-state index in [4.69, 9.17) is 32.7 Å². The molecule has 3 aromatic carbocycles. The van der Waals surface area contributed by atoms with Crippen LogP contribution in [0.15, 0.2) is 65.1 Å². The van der Waals surface area contributed by atoms with E-state index in [1.807, 2.05) is 36.4 Å². The zero-order valence-electron chi connectivity index (χ0n) is 16.2. The second-order valence-electron chi connectivity index (χ2n) is 6.65. The van der Waals surface area contributed by atoms with Crippen molar-refractivity contribution in [2.45, 2.75) is 26.1 Å². The monoisotopic (exact) mass is 493 g/mol. The van der Waals surface area contributed by atoms with Crippen LogP contribution in [0, 0.1) is 0 Å². The largest absolute Gasteiger partial charge is 0.493 e. The first-order chi connectivity index (χ1) is 14.0. The third-order valence-electron chi connectivity index (χ3n) is 4.59. The van der Waals surface area contributed by atoms with Crippen LogP contribution >= 0.6 is 39.1 Å². The topological polar surface area (TPSA) is 30.5 Å². The predicted octanol–water partition coefficient (Wildman–Crippen LogP) is 7.19. The molecule has 0 aliphatic rings. The summed E-state index contributed by atoms with van der Waals surface area (Å²) in [6.45, 7) is 3.16. The van der Waals surface area contributed by atoms with E-state index in [1.165, 1.54) is 5.56 Å². The summed E-state index contributed by atoms with van der Waals surface area (Å²) in [6.07, 6.45) is 0. The fraction of sp³-hybridized carbons (Fsp3) is 0.217. The highest BCUT2D eigenvalue weighted by Gasteiger charge is 2.14. The van der Waals surface area contributed by atoms with Crippen molar-refractivity contribution < 1.29 is 9.47 Å². The number of rotatable bonds is 8. The molecule has 0 fully saturated rings. The SMILES string of the molecule is COc1cc(CN[C@H](C)c2ccccc2)cc(Br)c1OCc1ccc(Cl)cc1Cl. The Balaban J connectivity index is 1.70. The van der Waals surface area contributed by atoms with Crippen LogP contribution in [0.3, 0.4) is 0 Å². The van der Waals surface area contributed by atoms with Gasteiger partial charge in [-0.2, -0.15) is 0 Å². The van der Waals surface area contributed by atoms with Crippen LogP contribution < -0.4 is 14.8 Å². The van der Waals surface area contributed by atoms with Gasteiger partial charge in [0.15, 0.2) is 11.5 Å². The summed E-state index contributed by atoms with van der Waals surface area (Å²) >= 11 is 15.8. The van der Waals surface area contributed by atoms with E-state index in [2.05, 4.69) is 40.3 Å². The molecule has 6 heteroatoms. The molecule has 1 atom stereocenters. The number of benzene rings is 3. The Morgan fingerprint density at radius 3 is 2.48 bits per heavy atom. The van der Waals surface area contributed by atoms with Gasteiger partial charge in [-0.05, 0) is 58.2 Å². The first-order valence-corrected chi connectivity index (χ1v) is 10.7. The van der Waals surface area contributed by atoms with E-state index in [0.29, 0.717) is 34.7 Å². The van der Waals surface area contributed by atoms with Crippen molar-refractivity contribution in [3.8, 4) is 11.5 Å². The summed E-state index contributed by atoms with van der Waals surface area (Å²) < 4.78 is 12.4. The third kappa shape index (κ3) is 5.89. The minimum atomic E-state index is 0.240. The van der Waals surface area contributed by atoms with Crippen molar-refractivity contribution in [3.05, 3.63) is 91.9 Å². The number of hydrogen-bond acceptors (Lipinski definition) is 3. The molecule has 3 aromatic rings. The molecule has 0 unspecified atom stereocenters. The Labute approximate surface area is 190 Å². The van der Waals surface area contributed by atoms with Gasteiger partial charge in [0.1, 0.15) is 6.61 Å². The summed E-state index contributed by atoms with van der Waals surface area (Å²) in [6, 6.07) is 20.0. The smallest absolute Gasteiger partial charge is 0.175 e. The summed E-state index contributed by atoms with van der Waals surface area (Å²) in [5, 5.41) is 4.71. The van der Waals surface area contributed by atoms with Gasteiger partial charge in [-0.3, -0.25) is 0 Å². The quantitative estimate of drug-likeness (QED) is 0.359. The zero-order chi connectivity index (χ0) is 20.8. The van der Waals surface area contributed by atoms with Crippen molar-refractivity contribution in [2.24, 2.45) is 0 Å². The highest BCUT2D eigenvalue weighted by molar-refractivity contribution is 9.10. The highest BCUT2D eigenvalue weighted by Crippen LogP contribution is 2.37. The highest BCUT2D eigenvalue weighted by atomic mass is 79.9. The molecule has 3 nitrogen and oxygen atoms in total. The zero-order valence-corrected chi connectivity index (χ0v) is 19.3. The van der Waals surface area contributed by atoms with Crippen molar-refractivity contribution in [1.29, 1.82) is 0 Å². The van der Waals surface area contributed by atoms with E-state index in [9.17, 15) is 0 Å². The van der Waals surface area contributed by atoms with Crippen molar-refractivity contribution in [3.63, 3.8) is 0 Å². The van der Waals surface area contributed by atoms with Gasteiger partial charge in [0.25, 0.3) is 0 Å². The molecule has 29 heavy (non-hydrogen) atoms. The van der Waals surface area contributed by atoms with Gasteiger partial charge in [-0.15, -0.1) is 0 Å². The van der Waals surface area contributed by atoms with Crippen LogP contribution in [0.2, 0.25) is 10.0 Å². The average molecular weight is 495 g/mol. The second kappa shape index (κ2) is 10.4. The second-order valence-corrected chi connectivity index (χ2v) is 8.34. The van der Waals surface area contributed by atoms with E-state index in [1.54, 1.807) is 19.2 Å². The molecule has 0 heterocycles. The fourth-order valence-electron chi connectivity index (χ4n) is 2.93. The molecule has 0 aliphatic heterocycles. The minimum Gasteiger partial charge on any atom is -0.493 e. The van der Waals surface area contributed by atoms with Crippen molar-refractivity contribution >= 4 is 39.1 Å². The Hall–Kier alpha value is -1.72. The van der Waals surface area contributed by atoms with Crippen LogP contribution in [0.5, 0.6) is 11.5 Å². The molecule has 0 saturated carbocycles. The van der Waals surface area contributed by atoms with E-state index in [-0.39, 0.29) is 6.04 Å². The molecule has 0 radical (unpaired) electrons. The maximum atomic E-state index is 6.24. The number of methoxy groups -OCH3 is 1. The summed E-state index contributed by atoms with van der Waals surface area (Å²) in [5.74, 6) is 1.30. The first kappa shape index (κ1) is 22.0. The molecular formula is C23H22BrCl2NO2. The molecule has 0 aromatic heterocycles. The van der Waals surface area contributed by atoms with Crippen LogP contribution in [0.4, 0.5) is 0 Å². The van der Waals surface area contributed by atoms with Crippen molar-refractivity contribution in [2.75, 3.05) is 7.11 Å². The van der Waals surface area contributed by atoms with Gasteiger partial charge in [0.2, 0.25) is 0 Å². The average Bonchev–Trinajstić information content (AvgIpc) is 2.72. The van der Waals surface area contributed by atoms with Gasteiger partial charge in [0, 0.05) is 28.2 Å². The van der Waals surface area contributed by atoms with E-state index >= 15 is 0 Å². The van der Waals surface area contributed by atoms with Crippen LogP contribution in [-0.4, -0.2) is 7.11 Å². The molecule has 1 N–H and O–H groups in total. The molecule has 0 saturated heterocycles. The lowest BCUT2D eigenvalue weighted by Gasteiger charge is -2.17. The summed E-state index contributed by atoms with van der Waals surface area (Å²) in [4.78, 5) is 0. The lowest BCUT2D eigenvalue weighted by Crippen LogP contribution is -2.18. The first-order valence-electron chi connectivity index (χ1n) is 9.19. The van der Waals surface area contributed by atoms with Gasteiger partial charge >= 0.3 is 0 Å². The van der Waals surface area contributed by atoms with Crippen LogP contribution in [0.25, 0.3) is 0 Å². The Bertz CT molecular complexity index is 967. The predicted molar refractivity (Wildman–Crippen MR) is 123 cm³/mol. The molecule has 0 aliphatic carbocycles. The minimum absolute atomic E-state index is 0.240. The molecule has 0 bridgehead atoms. The number of halogens is 3. The third-order valence-corrected chi connectivity index (χ3v) is 5.76. The fourth-order valence-corrected chi connectivity index (χ4v) is 4.00. The summed E-state index contributed by atoms with van der Waals surface area (Å²) in [7, 11) is 1.63. The maximum absolute atomic E-state index is 6.24. The van der Waals surface area contributed by atoms with Gasteiger partial charge < -0.3 is 14.8 Å². The lowest BCUT2D eigenvalue weighted by molar-refractivity contribution is 0.282. The summed E-state index contributed by atoms with van der Waals surface area (Å²) in [5.41, 5.74) is 3.19. The number of nitrogens with one attached hydrogen (secondary N) is 1. The van der Waals surface area contributed by atoms with Gasteiger partial charge in [0.05, 0.1) is 11.6 Å². The molecule has 0 spiro atoms. The molecular weight excluding hydrogens is 473 g/mol. The Kier molecular flexibility index (Phi) is 7.84. The van der Waals surface area contributed by atoms with Crippen LogP contribution in [0.1, 0.15) is 29.7 Å². The van der Waals surface area contributed by atoms with Crippen molar-refractivity contribution in [1.82, 2.24) is 5.32 Å². The number of ether oxygens (including phenoxy) is 2.